The van der Waals surface area contributed by atoms with Gasteiger partial charge in [-0.05, 0) is 31.5 Å². The summed E-state index contributed by atoms with van der Waals surface area (Å²) in [5.74, 6) is 0.137. The van der Waals surface area contributed by atoms with E-state index in [1.807, 2.05) is 0 Å². The highest BCUT2D eigenvalue weighted by atomic mass is 32.2. The molecule has 0 fully saturated rings. The van der Waals surface area contributed by atoms with Crippen LogP contribution in [0.25, 0.3) is 0 Å². The van der Waals surface area contributed by atoms with Crippen LogP contribution in [-0.4, -0.2) is 47.4 Å². The van der Waals surface area contributed by atoms with Crippen LogP contribution in [0.4, 0.5) is 11.5 Å². The second-order valence-electron chi connectivity index (χ2n) is 6.12. The Morgan fingerprint density at radius 2 is 1.86 bits per heavy atom. The van der Waals surface area contributed by atoms with Crippen molar-refractivity contribution in [3.8, 4) is 0 Å². The van der Waals surface area contributed by atoms with Crippen molar-refractivity contribution in [3.63, 3.8) is 0 Å². The average Bonchev–Trinajstić information content (AvgIpc) is 2.61. The number of carbonyl (C=O) groups excluding carboxylic acids is 1. The minimum absolute atomic E-state index is 0.0783. The SMILES string of the molecule is CCN(CC)S(=O)(=O)c1cc(NC(=O)CSc2nc(C)cc(N)n2)ccc1C. The van der Waals surface area contributed by atoms with Gasteiger partial charge in [0.2, 0.25) is 15.9 Å². The number of aromatic nitrogens is 2. The summed E-state index contributed by atoms with van der Waals surface area (Å²) in [7, 11) is -3.61. The van der Waals surface area contributed by atoms with Gasteiger partial charge in [0.15, 0.2) is 5.16 Å². The molecule has 0 aliphatic carbocycles. The van der Waals surface area contributed by atoms with Crippen molar-refractivity contribution in [2.45, 2.75) is 37.7 Å². The van der Waals surface area contributed by atoms with Crippen LogP contribution in [0.5, 0.6) is 0 Å². The van der Waals surface area contributed by atoms with E-state index in [-0.39, 0.29) is 16.6 Å². The Labute approximate surface area is 170 Å². The third-order valence-electron chi connectivity index (χ3n) is 3.98. The largest absolute Gasteiger partial charge is 0.384 e. The summed E-state index contributed by atoms with van der Waals surface area (Å²) in [6.07, 6.45) is 0. The van der Waals surface area contributed by atoms with Crippen molar-refractivity contribution in [2.24, 2.45) is 0 Å². The van der Waals surface area contributed by atoms with E-state index in [4.69, 9.17) is 5.73 Å². The quantitative estimate of drug-likeness (QED) is 0.494. The van der Waals surface area contributed by atoms with E-state index in [0.29, 0.717) is 35.3 Å². The molecule has 0 saturated heterocycles. The van der Waals surface area contributed by atoms with Gasteiger partial charge in [-0.3, -0.25) is 4.79 Å². The molecule has 1 amide bonds. The number of thioether (sulfide) groups is 1. The monoisotopic (exact) mass is 423 g/mol. The van der Waals surface area contributed by atoms with E-state index in [1.165, 1.54) is 10.4 Å². The predicted molar refractivity (Wildman–Crippen MR) is 112 cm³/mol. The Morgan fingerprint density at radius 3 is 2.46 bits per heavy atom. The molecule has 0 radical (unpaired) electrons. The highest BCUT2D eigenvalue weighted by Gasteiger charge is 2.24. The number of sulfonamides is 1. The molecule has 0 unspecified atom stereocenters. The predicted octanol–water partition coefficient (Wildman–Crippen LogP) is 2.44. The number of benzene rings is 1. The van der Waals surface area contributed by atoms with E-state index >= 15 is 0 Å². The molecule has 2 aromatic rings. The fourth-order valence-electron chi connectivity index (χ4n) is 2.61. The summed E-state index contributed by atoms with van der Waals surface area (Å²) in [4.78, 5) is 20.8. The van der Waals surface area contributed by atoms with E-state index in [2.05, 4.69) is 15.3 Å². The van der Waals surface area contributed by atoms with Gasteiger partial charge in [0.05, 0.1) is 10.6 Å². The van der Waals surface area contributed by atoms with Gasteiger partial charge in [-0.1, -0.05) is 31.7 Å². The summed E-state index contributed by atoms with van der Waals surface area (Å²) in [6, 6.07) is 6.50. The van der Waals surface area contributed by atoms with Crippen LogP contribution >= 0.6 is 11.8 Å². The number of rotatable bonds is 8. The lowest BCUT2D eigenvalue weighted by Gasteiger charge is -2.20. The second-order valence-corrected chi connectivity index (χ2v) is 8.97. The zero-order valence-electron chi connectivity index (χ0n) is 16.4. The molecule has 8 nitrogen and oxygen atoms in total. The molecule has 0 aliphatic heterocycles. The van der Waals surface area contributed by atoms with Crippen molar-refractivity contribution in [3.05, 3.63) is 35.5 Å². The van der Waals surface area contributed by atoms with Crippen LogP contribution in [-0.2, 0) is 14.8 Å². The van der Waals surface area contributed by atoms with Gasteiger partial charge in [0, 0.05) is 30.5 Å². The van der Waals surface area contributed by atoms with Gasteiger partial charge in [0.1, 0.15) is 5.82 Å². The molecule has 0 saturated carbocycles. The number of nitrogens with two attached hydrogens (primary N) is 1. The Hall–Kier alpha value is -2.17. The number of aryl methyl sites for hydroxylation is 2. The first-order valence-electron chi connectivity index (χ1n) is 8.82. The van der Waals surface area contributed by atoms with Crippen LogP contribution in [0.1, 0.15) is 25.1 Å². The van der Waals surface area contributed by atoms with E-state index in [0.717, 1.165) is 17.5 Å². The number of carbonyl (C=O) groups is 1. The van der Waals surface area contributed by atoms with Crippen LogP contribution in [0.15, 0.2) is 34.3 Å². The Balaban J connectivity index is 2.13. The van der Waals surface area contributed by atoms with Gasteiger partial charge in [0.25, 0.3) is 0 Å². The molecule has 1 heterocycles. The molecule has 3 N–H and O–H groups in total. The van der Waals surface area contributed by atoms with Crippen molar-refractivity contribution in [1.82, 2.24) is 14.3 Å². The van der Waals surface area contributed by atoms with Gasteiger partial charge in [-0.2, -0.15) is 4.31 Å². The molecule has 10 heteroatoms. The maximum atomic E-state index is 12.8. The third-order valence-corrected chi connectivity index (χ3v) is 7.02. The lowest BCUT2D eigenvalue weighted by molar-refractivity contribution is -0.113. The number of nitrogens with zero attached hydrogens (tertiary/aromatic N) is 3. The molecule has 2 rings (SSSR count). The molecular formula is C18H25N5O3S2. The number of hydrogen-bond acceptors (Lipinski definition) is 7. The van der Waals surface area contributed by atoms with Gasteiger partial charge in [-0.25, -0.2) is 18.4 Å². The fraction of sp³-hybridized carbons (Fsp3) is 0.389. The minimum atomic E-state index is -3.61. The third kappa shape index (κ3) is 5.43. The minimum Gasteiger partial charge on any atom is -0.384 e. The molecule has 0 spiro atoms. The molecule has 0 aliphatic rings. The zero-order valence-corrected chi connectivity index (χ0v) is 18.0. The highest BCUT2D eigenvalue weighted by molar-refractivity contribution is 7.99. The van der Waals surface area contributed by atoms with Crippen molar-refractivity contribution in [2.75, 3.05) is 29.9 Å². The first-order chi connectivity index (χ1) is 13.2. The molecule has 1 aromatic carbocycles. The van der Waals surface area contributed by atoms with Crippen LogP contribution in [0, 0.1) is 13.8 Å². The number of nitrogens with one attached hydrogen (secondary N) is 1. The molecule has 0 atom stereocenters. The summed E-state index contributed by atoms with van der Waals surface area (Å²) in [6.45, 7) is 7.87. The van der Waals surface area contributed by atoms with Gasteiger partial charge in [-0.15, -0.1) is 0 Å². The summed E-state index contributed by atoms with van der Waals surface area (Å²) in [5.41, 5.74) is 7.46. The van der Waals surface area contributed by atoms with E-state index in [1.54, 1.807) is 45.9 Å². The Morgan fingerprint density at radius 1 is 1.18 bits per heavy atom. The van der Waals surface area contributed by atoms with Crippen molar-refractivity contribution >= 4 is 39.2 Å². The molecular weight excluding hydrogens is 398 g/mol. The topological polar surface area (TPSA) is 118 Å². The number of anilines is 2. The Bertz CT molecular complexity index is 939. The average molecular weight is 424 g/mol. The summed E-state index contributed by atoms with van der Waals surface area (Å²) < 4.78 is 27.0. The Kier molecular flexibility index (Phi) is 7.39. The summed E-state index contributed by atoms with van der Waals surface area (Å²) in [5, 5.41) is 3.14. The van der Waals surface area contributed by atoms with Gasteiger partial charge >= 0.3 is 0 Å². The molecule has 152 valence electrons. The van der Waals surface area contributed by atoms with Crippen molar-refractivity contribution < 1.29 is 13.2 Å². The maximum absolute atomic E-state index is 12.8. The molecule has 1 aromatic heterocycles. The lowest BCUT2D eigenvalue weighted by atomic mass is 10.2. The van der Waals surface area contributed by atoms with E-state index in [9.17, 15) is 13.2 Å². The van der Waals surface area contributed by atoms with Crippen molar-refractivity contribution in [1.29, 1.82) is 0 Å². The van der Waals surface area contributed by atoms with Crippen LogP contribution in [0.2, 0.25) is 0 Å². The molecule has 0 bridgehead atoms. The van der Waals surface area contributed by atoms with E-state index < -0.39 is 10.0 Å². The summed E-state index contributed by atoms with van der Waals surface area (Å²) >= 11 is 1.16. The standard InChI is InChI=1S/C18H25N5O3S2/c1-5-23(6-2)28(25,26)15-10-14(8-7-12(15)3)21-17(24)11-27-18-20-13(4)9-16(19)22-18/h7-10H,5-6,11H2,1-4H3,(H,21,24)(H2,19,20,22). The van der Waals surface area contributed by atoms with Crippen LogP contribution in [0.3, 0.4) is 0 Å². The normalized spacial score (nSPS) is 11.6. The number of amides is 1. The molecule has 28 heavy (non-hydrogen) atoms. The smallest absolute Gasteiger partial charge is 0.243 e. The first-order valence-corrected chi connectivity index (χ1v) is 11.2. The highest BCUT2D eigenvalue weighted by Crippen LogP contribution is 2.24. The second kappa shape index (κ2) is 9.35. The lowest BCUT2D eigenvalue weighted by Crippen LogP contribution is -2.31. The fourth-order valence-corrected chi connectivity index (χ4v) is 5.03. The first kappa shape index (κ1) is 22.1. The number of nitrogen functional groups attached to an aromatic ring is 1. The zero-order chi connectivity index (χ0) is 20.9. The van der Waals surface area contributed by atoms with Gasteiger partial charge < -0.3 is 11.1 Å². The van der Waals surface area contributed by atoms with Crippen LogP contribution < -0.4 is 11.1 Å². The maximum Gasteiger partial charge on any atom is 0.243 e. The number of hydrogen-bond donors (Lipinski definition) is 2.